The van der Waals surface area contributed by atoms with E-state index < -0.39 is 0 Å². The van der Waals surface area contributed by atoms with Crippen LogP contribution >= 0.6 is 0 Å². The minimum Gasteiger partial charge on any atom is -0.338 e. The van der Waals surface area contributed by atoms with Crippen LogP contribution in [0.15, 0.2) is 47.5 Å². The summed E-state index contributed by atoms with van der Waals surface area (Å²) in [7, 11) is 0. The van der Waals surface area contributed by atoms with E-state index in [9.17, 15) is 9.59 Å². The fraction of sp³-hybridized carbons (Fsp3) is 0.263. The zero-order valence-corrected chi connectivity index (χ0v) is 14.2. The Bertz CT molecular complexity index is 966. The van der Waals surface area contributed by atoms with Crippen molar-refractivity contribution in [1.82, 2.24) is 9.13 Å². The van der Waals surface area contributed by atoms with Crippen LogP contribution < -0.4 is 10.9 Å². The molecule has 0 saturated carbocycles. The van der Waals surface area contributed by atoms with Gasteiger partial charge in [-0.2, -0.15) is 0 Å². The monoisotopic (exact) mass is 323 g/mol. The Hall–Kier alpha value is -2.82. The molecule has 24 heavy (non-hydrogen) atoms. The highest BCUT2D eigenvalue weighted by Crippen LogP contribution is 2.15. The standard InChI is InChI=1S/C19H21N3O2/c1-4-21-10-8-17-16(19(21)24)7-9-22(17)12-18(23)20-15-6-5-13(2)14(3)11-15/h5-11H,4,12H2,1-3H3,(H,20,23). The maximum Gasteiger partial charge on any atom is 0.259 e. The second kappa shape index (κ2) is 6.35. The number of amides is 1. The lowest BCUT2D eigenvalue weighted by atomic mass is 10.1. The van der Waals surface area contributed by atoms with Gasteiger partial charge >= 0.3 is 0 Å². The lowest BCUT2D eigenvalue weighted by molar-refractivity contribution is -0.116. The summed E-state index contributed by atoms with van der Waals surface area (Å²) in [6.45, 7) is 6.79. The van der Waals surface area contributed by atoms with Gasteiger partial charge in [0, 0.05) is 24.6 Å². The summed E-state index contributed by atoms with van der Waals surface area (Å²) in [6.07, 6.45) is 3.55. The first-order valence-corrected chi connectivity index (χ1v) is 8.05. The van der Waals surface area contributed by atoms with Crippen LogP contribution in [-0.2, 0) is 17.9 Å². The van der Waals surface area contributed by atoms with Crippen molar-refractivity contribution < 1.29 is 4.79 Å². The predicted molar refractivity (Wildman–Crippen MR) is 96.4 cm³/mol. The maximum atomic E-state index is 12.3. The van der Waals surface area contributed by atoms with Crippen molar-refractivity contribution >= 4 is 22.5 Å². The summed E-state index contributed by atoms with van der Waals surface area (Å²) in [5.74, 6) is -0.115. The number of fused-ring (bicyclic) bond motifs is 1. The maximum absolute atomic E-state index is 12.3. The van der Waals surface area contributed by atoms with Gasteiger partial charge in [-0.15, -0.1) is 0 Å². The fourth-order valence-corrected chi connectivity index (χ4v) is 2.80. The first-order valence-electron chi connectivity index (χ1n) is 8.05. The SMILES string of the molecule is CCn1ccc2c(ccn2CC(=O)Nc2ccc(C)c(C)c2)c1=O. The molecule has 3 rings (SSSR count). The Balaban J connectivity index is 1.82. The molecule has 3 aromatic rings. The van der Waals surface area contributed by atoms with Gasteiger partial charge in [0.05, 0.1) is 10.9 Å². The fourth-order valence-electron chi connectivity index (χ4n) is 2.80. The predicted octanol–water partition coefficient (Wildman–Crippen LogP) is 3.08. The van der Waals surface area contributed by atoms with Gasteiger partial charge < -0.3 is 14.5 Å². The van der Waals surface area contributed by atoms with E-state index in [0.29, 0.717) is 11.9 Å². The van der Waals surface area contributed by atoms with Crippen molar-refractivity contribution in [3.63, 3.8) is 0 Å². The zero-order chi connectivity index (χ0) is 17.3. The average Bonchev–Trinajstić information content (AvgIpc) is 2.95. The van der Waals surface area contributed by atoms with E-state index in [1.165, 1.54) is 5.56 Å². The van der Waals surface area contributed by atoms with Gasteiger partial charge in [0.2, 0.25) is 5.91 Å². The highest BCUT2D eigenvalue weighted by Gasteiger charge is 2.10. The summed E-state index contributed by atoms with van der Waals surface area (Å²) in [5, 5.41) is 3.54. The summed E-state index contributed by atoms with van der Waals surface area (Å²) >= 11 is 0. The number of carbonyl (C=O) groups excluding carboxylic acids is 1. The molecule has 1 amide bonds. The second-order valence-electron chi connectivity index (χ2n) is 6.00. The lowest BCUT2D eigenvalue weighted by Crippen LogP contribution is -2.20. The van der Waals surface area contributed by atoms with Gasteiger partial charge in [0.1, 0.15) is 6.54 Å². The number of aromatic nitrogens is 2. The third-order valence-electron chi connectivity index (χ3n) is 4.36. The van der Waals surface area contributed by atoms with E-state index in [2.05, 4.69) is 5.32 Å². The van der Waals surface area contributed by atoms with E-state index in [4.69, 9.17) is 0 Å². The van der Waals surface area contributed by atoms with Crippen LogP contribution in [0.2, 0.25) is 0 Å². The van der Waals surface area contributed by atoms with Crippen molar-refractivity contribution in [3.05, 3.63) is 64.2 Å². The summed E-state index contributed by atoms with van der Waals surface area (Å²) in [5.41, 5.74) is 3.87. The van der Waals surface area contributed by atoms with Crippen molar-refractivity contribution in [2.45, 2.75) is 33.9 Å². The Kier molecular flexibility index (Phi) is 4.25. The minimum atomic E-state index is -0.115. The van der Waals surface area contributed by atoms with Crippen LogP contribution in [0.25, 0.3) is 10.9 Å². The van der Waals surface area contributed by atoms with Crippen LogP contribution in [-0.4, -0.2) is 15.0 Å². The van der Waals surface area contributed by atoms with Gasteiger partial charge in [-0.3, -0.25) is 9.59 Å². The number of nitrogens with one attached hydrogen (secondary N) is 1. The lowest BCUT2D eigenvalue weighted by Gasteiger charge is -2.09. The normalized spacial score (nSPS) is 11.0. The average molecular weight is 323 g/mol. The highest BCUT2D eigenvalue weighted by atomic mass is 16.2. The van der Waals surface area contributed by atoms with E-state index in [1.807, 2.05) is 45.0 Å². The number of hydrogen-bond donors (Lipinski definition) is 1. The Morgan fingerprint density at radius 3 is 2.50 bits per heavy atom. The molecule has 2 aromatic heterocycles. The summed E-state index contributed by atoms with van der Waals surface area (Å²) in [4.78, 5) is 24.6. The van der Waals surface area contributed by atoms with Crippen molar-refractivity contribution in [2.24, 2.45) is 0 Å². The van der Waals surface area contributed by atoms with Crippen LogP contribution in [0.1, 0.15) is 18.1 Å². The molecule has 1 aromatic carbocycles. The number of pyridine rings is 1. The van der Waals surface area contributed by atoms with Crippen LogP contribution in [0.5, 0.6) is 0 Å². The molecule has 1 N–H and O–H groups in total. The number of anilines is 1. The molecule has 0 saturated heterocycles. The van der Waals surface area contributed by atoms with Crippen LogP contribution in [0.4, 0.5) is 5.69 Å². The molecule has 0 aliphatic heterocycles. The van der Waals surface area contributed by atoms with Crippen LogP contribution in [0, 0.1) is 13.8 Å². The molecular formula is C19H21N3O2. The molecule has 0 aliphatic rings. The molecule has 0 spiro atoms. The zero-order valence-electron chi connectivity index (χ0n) is 14.2. The van der Waals surface area contributed by atoms with Gasteiger partial charge in [-0.25, -0.2) is 0 Å². The highest BCUT2D eigenvalue weighted by molar-refractivity contribution is 5.92. The molecule has 0 radical (unpaired) electrons. The van der Waals surface area contributed by atoms with Gasteiger partial charge in [-0.05, 0) is 56.2 Å². The first-order chi connectivity index (χ1) is 11.5. The molecule has 0 bridgehead atoms. The van der Waals surface area contributed by atoms with Gasteiger partial charge in [0.25, 0.3) is 5.56 Å². The Morgan fingerprint density at radius 2 is 1.79 bits per heavy atom. The molecule has 5 heteroatoms. The molecular weight excluding hydrogens is 302 g/mol. The summed E-state index contributed by atoms with van der Waals surface area (Å²) < 4.78 is 3.45. The van der Waals surface area contributed by atoms with E-state index in [1.54, 1.807) is 27.6 Å². The molecule has 5 nitrogen and oxygen atoms in total. The largest absolute Gasteiger partial charge is 0.338 e. The molecule has 0 unspecified atom stereocenters. The third-order valence-corrected chi connectivity index (χ3v) is 4.36. The number of carbonyl (C=O) groups is 1. The molecule has 0 atom stereocenters. The second-order valence-corrected chi connectivity index (χ2v) is 6.00. The Morgan fingerprint density at radius 1 is 1.04 bits per heavy atom. The van der Waals surface area contributed by atoms with Gasteiger partial charge in [0.15, 0.2) is 0 Å². The number of aryl methyl sites for hydroxylation is 3. The first kappa shape index (κ1) is 16.1. The number of rotatable bonds is 4. The van der Waals surface area contributed by atoms with Crippen molar-refractivity contribution in [2.75, 3.05) is 5.32 Å². The molecule has 0 fully saturated rings. The number of hydrogen-bond acceptors (Lipinski definition) is 2. The van der Waals surface area contributed by atoms with Crippen LogP contribution in [0.3, 0.4) is 0 Å². The van der Waals surface area contributed by atoms with Crippen molar-refractivity contribution in [1.29, 1.82) is 0 Å². The van der Waals surface area contributed by atoms with Crippen molar-refractivity contribution in [3.8, 4) is 0 Å². The van der Waals surface area contributed by atoms with E-state index in [0.717, 1.165) is 16.8 Å². The smallest absolute Gasteiger partial charge is 0.259 e. The van der Waals surface area contributed by atoms with E-state index >= 15 is 0 Å². The minimum absolute atomic E-state index is 0.0247. The molecule has 2 heterocycles. The number of benzene rings is 1. The molecule has 0 aliphatic carbocycles. The van der Waals surface area contributed by atoms with Gasteiger partial charge in [-0.1, -0.05) is 6.07 Å². The third kappa shape index (κ3) is 2.97. The quantitative estimate of drug-likeness (QED) is 0.802. The number of nitrogens with zero attached hydrogens (tertiary/aromatic N) is 2. The topological polar surface area (TPSA) is 56.0 Å². The summed E-state index contributed by atoms with van der Waals surface area (Å²) in [6, 6.07) is 9.49. The molecule has 124 valence electrons. The Labute approximate surface area is 140 Å². The van der Waals surface area contributed by atoms with E-state index in [-0.39, 0.29) is 18.0 Å².